The molecule has 4 nitrogen and oxygen atoms in total. The van der Waals surface area contributed by atoms with Crippen LogP contribution in [0.3, 0.4) is 0 Å². The molecule has 0 aliphatic carbocycles. The lowest BCUT2D eigenvalue weighted by Gasteiger charge is -2.13. The molecule has 0 unspecified atom stereocenters. The van der Waals surface area contributed by atoms with Crippen LogP contribution in [-0.4, -0.2) is 38.1 Å². The van der Waals surface area contributed by atoms with Crippen molar-refractivity contribution >= 4 is 21.8 Å². The van der Waals surface area contributed by atoms with Gasteiger partial charge >= 0.3 is 0 Å². The first-order valence-electron chi connectivity index (χ1n) is 7.22. The van der Waals surface area contributed by atoms with Gasteiger partial charge in [-0.2, -0.15) is 0 Å². The molecule has 118 valence electrons. The minimum absolute atomic E-state index is 0.0749. The van der Waals surface area contributed by atoms with Crippen molar-refractivity contribution in [3.63, 3.8) is 0 Å². The number of nitrogens with one attached hydrogen (secondary N) is 1. The summed E-state index contributed by atoms with van der Waals surface area (Å²) >= 11 is 3.55. The molecule has 0 aliphatic heterocycles. The third kappa shape index (κ3) is 6.96. The highest BCUT2D eigenvalue weighted by Gasteiger charge is 2.06. The summed E-state index contributed by atoms with van der Waals surface area (Å²) in [4.78, 5) is 13.1. The van der Waals surface area contributed by atoms with E-state index in [9.17, 15) is 4.79 Å². The molecule has 0 saturated carbocycles. The molecule has 0 spiro atoms. The lowest BCUT2D eigenvalue weighted by Crippen LogP contribution is -2.23. The average molecular weight is 357 g/mol. The number of amides is 1. The summed E-state index contributed by atoms with van der Waals surface area (Å²) in [6.07, 6.45) is 0.393. The second kappa shape index (κ2) is 9.05. The van der Waals surface area contributed by atoms with Crippen LogP contribution in [0.4, 0.5) is 0 Å². The number of halogens is 1. The standard InChI is InChI=1S/C16H25BrN2O2/c1-12(2)10-18-11-13-9-14(5-6-15(13)17)21-8-7-16(20)19(3)4/h5-6,9,12,18H,7-8,10-11H2,1-4H3. The quantitative estimate of drug-likeness (QED) is 0.778. The largest absolute Gasteiger partial charge is 0.493 e. The lowest BCUT2D eigenvalue weighted by molar-refractivity contribution is -0.129. The van der Waals surface area contributed by atoms with Crippen molar-refractivity contribution in [2.24, 2.45) is 5.92 Å². The maximum Gasteiger partial charge on any atom is 0.225 e. The van der Waals surface area contributed by atoms with E-state index in [-0.39, 0.29) is 5.91 Å². The molecule has 0 heterocycles. The molecule has 1 aromatic rings. The van der Waals surface area contributed by atoms with E-state index >= 15 is 0 Å². The first kappa shape index (κ1) is 18.0. The molecule has 1 amide bonds. The van der Waals surface area contributed by atoms with Gasteiger partial charge in [-0.3, -0.25) is 4.79 Å². The number of benzene rings is 1. The Balaban J connectivity index is 2.50. The van der Waals surface area contributed by atoms with Gasteiger partial charge in [-0.05, 0) is 36.2 Å². The second-order valence-corrected chi connectivity index (χ2v) is 6.52. The van der Waals surface area contributed by atoms with Crippen LogP contribution in [0.25, 0.3) is 0 Å². The Morgan fingerprint density at radius 1 is 1.38 bits per heavy atom. The minimum Gasteiger partial charge on any atom is -0.493 e. The number of nitrogens with zero attached hydrogens (tertiary/aromatic N) is 1. The number of hydrogen-bond acceptors (Lipinski definition) is 3. The zero-order valence-corrected chi connectivity index (χ0v) is 14.9. The normalized spacial score (nSPS) is 10.8. The van der Waals surface area contributed by atoms with Crippen molar-refractivity contribution in [3.05, 3.63) is 28.2 Å². The molecule has 1 aromatic carbocycles. The van der Waals surface area contributed by atoms with Gasteiger partial charge in [0.15, 0.2) is 0 Å². The molecular weight excluding hydrogens is 332 g/mol. The summed E-state index contributed by atoms with van der Waals surface area (Å²) in [7, 11) is 3.50. The Morgan fingerprint density at radius 3 is 2.71 bits per heavy atom. The number of carbonyl (C=O) groups is 1. The van der Waals surface area contributed by atoms with Crippen LogP contribution in [0.5, 0.6) is 5.75 Å². The van der Waals surface area contributed by atoms with Crippen LogP contribution in [0.15, 0.2) is 22.7 Å². The Hall–Kier alpha value is -1.07. The minimum atomic E-state index is 0.0749. The van der Waals surface area contributed by atoms with Crippen molar-refractivity contribution in [2.75, 3.05) is 27.2 Å². The highest BCUT2D eigenvalue weighted by Crippen LogP contribution is 2.22. The predicted octanol–water partition coefficient (Wildman–Crippen LogP) is 3.05. The Bertz CT molecular complexity index is 462. The Kier molecular flexibility index (Phi) is 7.75. The summed E-state index contributed by atoms with van der Waals surface area (Å²) in [5.74, 6) is 1.50. The number of ether oxygens (including phenoxy) is 1. The van der Waals surface area contributed by atoms with Gasteiger partial charge in [-0.1, -0.05) is 29.8 Å². The molecule has 5 heteroatoms. The van der Waals surface area contributed by atoms with E-state index in [0.717, 1.165) is 28.9 Å². The van der Waals surface area contributed by atoms with Gasteiger partial charge in [0.25, 0.3) is 0 Å². The first-order valence-corrected chi connectivity index (χ1v) is 8.01. The SMILES string of the molecule is CC(C)CNCc1cc(OCCC(=O)N(C)C)ccc1Br. The molecule has 0 bridgehead atoms. The van der Waals surface area contributed by atoms with Gasteiger partial charge < -0.3 is 15.0 Å². The Labute approximate surface area is 136 Å². The molecular formula is C16H25BrN2O2. The topological polar surface area (TPSA) is 41.6 Å². The van der Waals surface area contributed by atoms with Gasteiger partial charge in [0.2, 0.25) is 5.91 Å². The maximum absolute atomic E-state index is 11.5. The molecule has 21 heavy (non-hydrogen) atoms. The number of rotatable bonds is 8. The van der Waals surface area contributed by atoms with Gasteiger partial charge in [0, 0.05) is 25.1 Å². The highest BCUT2D eigenvalue weighted by atomic mass is 79.9. The summed E-state index contributed by atoms with van der Waals surface area (Å²) in [5.41, 5.74) is 1.16. The van der Waals surface area contributed by atoms with Crippen molar-refractivity contribution in [1.82, 2.24) is 10.2 Å². The smallest absolute Gasteiger partial charge is 0.225 e. The third-order valence-electron chi connectivity index (χ3n) is 2.97. The van der Waals surface area contributed by atoms with E-state index in [1.807, 2.05) is 18.2 Å². The molecule has 0 aliphatic rings. The zero-order chi connectivity index (χ0) is 15.8. The zero-order valence-electron chi connectivity index (χ0n) is 13.3. The summed E-state index contributed by atoms with van der Waals surface area (Å²) in [5, 5.41) is 3.41. The van der Waals surface area contributed by atoms with Crippen LogP contribution >= 0.6 is 15.9 Å². The van der Waals surface area contributed by atoms with E-state index in [0.29, 0.717) is 18.9 Å². The molecule has 0 aromatic heterocycles. The summed E-state index contributed by atoms with van der Waals surface area (Å²) in [6, 6.07) is 5.91. The van der Waals surface area contributed by atoms with Crippen LogP contribution in [0.1, 0.15) is 25.8 Å². The monoisotopic (exact) mass is 356 g/mol. The molecule has 0 atom stereocenters. The van der Waals surface area contributed by atoms with E-state index < -0.39 is 0 Å². The van der Waals surface area contributed by atoms with Crippen molar-refractivity contribution in [1.29, 1.82) is 0 Å². The molecule has 1 N–H and O–H groups in total. The summed E-state index contributed by atoms with van der Waals surface area (Å²) < 4.78 is 6.72. The first-order chi connectivity index (χ1) is 9.90. The van der Waals surface area contributed by atoms with Gasteiger partial charge in [0.05, 0.1) is 13.0 Å². The summed E-state index contributed by atoms with van der Waals surface area (Å²) in [6.45, 7) is 6.55. The van der Waals surface area contributed by atoms with Crippen molar-refractivity contribution in [3.8, 4) is 5.75 Å². The van der Waals surface area contributed by atoms with Gasteiger partial charge in [-0.15, -0.1) is 0 Å². The van der Waals surface area contributed by atoms with Crippen molar-refractivity contribution < 1.29 is 9.53 Å². The van der Waals surface area contributed by atoms with E-state index in [1.165, 1.54) is 0 Å². The molecule has 0 radical (unpaired) electrons. The fourth-order valence-electron chi connectivity index (χ4n) is 1.75. The fourth-order valence-corrected chi connectivity index (χ4v) is 2.14. The van der Waals surface area contributed by atoms with Crippen LogP contribution in [-0.2, 0) is 11.3 Å². The lowest BCUT2D eigenvalue weighted by atomic mass is 10.2. The molecule has 0 fully saturated rings. The Morgan fingerprint density at radius 2 is 2.10 bits per heavy atom. The van der Waals surface area contributed by atoms with Crippen LogP contribution in [0, 0.1) is 5.92 Å². The predicted molar refractivity (Wildman–Crippen MR) is 89.5 cm³/mol. The fraction of sp³-hybridized carbons (Fsp3) is 0.562. The van der Waals surface area contributed by atoms with E-state index in [4.69, 9.17) is 4.74 Å². The van der Waals surface area contributed by atoms with Crippen molar-refractivity contribution in [2.45, 2.75) is 26.8 Å². The van der Waals surface area contributed by atoms with Crippen LogP contribution < -0.4 is 10.1 Å². The molecule has 1 rings (SSSR count). The highest BCUT2D eigenvalue weighted by molar-refractivity contribution is 9.10. The third-order valence-corrected chi connectivity index (χ3v) is 3.74. The number of hydrogen-bond donors (Lipinski definition) is 1. The van der Waals surface area contributed by atoms with E-state index in [1.54, 1.807) is 19.0 Å². The average Bonchev–Trinajstić information content (AvgIpc) is 2.41. The van der Waals surface area contributed by atoms with Gasteiger partial charge in [-0.25, -0.2) is 0 Å². The van der Waals surface area contributed by atoms with Gasteiger partial charge in [0.1, 0.15) is 5.75 Å². The number of carbonyl (C=O) groups excluding carboxylic acids is 1. The van der Waals surface area contributed by atoms with Crippen LogP contribution in [0.2, 0.25) is 0 Å². The van der Waals surface area contributed by atoms with E-state index in [2.05, 4.69) is 35.1 Å². The second-order valence-electron chi connectivity index (χ2n) is 5.66. The maximum atomic E-state index is 11.5. The molecule has 0 saturated heterocycles.